The number of nitrogens with two attached hydrogens (primary N) is 1. The number of anilines is 8. The number of hydrogen-bond donors (Lipinski definition) is 7. The molecule has 41 nitrogen and oxygen atoms in total. The van der Waals surface area contributed by atoms with Crippen molar-refractivity contribution in [2.45, 2.75) is 115 Å². The maximum Gasteiger partial charge on any atom is 0.335 e. The zero-order valence-corrected chi connectivity index (χ0v) is 74.7. The number of carboxylic acid groups (broad SMARTS) is 1. The van der Waals surface area contributed by atoms with Crippen molar-refractivity contribution in [1.29, 1.82) is 0 Å². The predicted octanol–water partition coefficient (Wildman–Crippen LogP) is 5.03. The van der Waals surface area contributed by atoms with E-state index in [0.29, 0.717) is 80.6 Å². The van der Waals surface area contributed by atoms with E-state index in [-0.39, 0.29) is 55.5 Å². The van der Waals surface area contributed by atoms with Crippen LogP contribution in [0.4, 0.5) is 46.3 Å². The molecule has 0 bridgehead atoms. The molecular weight excluding hydrogens is 1700 g/mol. The zero-order valence-electron chi connectivity index (χ0n) is 74.7. The Labute approximate surface area is 763 Å². The van der Waals surface area contributed by atoms with Crippen LogP contribution in [0.1, 0.15) is 133 Å². The fraction of sp³-hybridized carbons (Fsp3) is 0.435. The molecule has 6 aromatic heterocycles. The van der Waals surface area contributed by atoms with Gasteiger partial charge in [0.2, 0.25) is 35.5 Å². The fourth-order valence-electron chi connectivity index (χ4n) is 21.0. The van der Waals surface area contributed by atoms with Crippen LogP contribution >= 0.6 is 0 Å². The Balaban J connectivity index is 0.000000146. The van der Waals surface area contributed by atoms with E-state index in [1.165, 1.54) is 4.68 Å². The number of piperazine rings is 2. The number of carbonyl (C=O) groups excluding carboxylic acids is 9. The standard InChI is InChI=1S/C46H51N15O5.C38H42N10O4.C8H11N5O2/c1-26-40(27(2)61-46(55(26)3)52-53-54-61)43(64)48-30-4-7-36-35(21-30)41(51-50-36)29-10-13-47-38(20-29)59-18-16-58(17-19-59)32-24-56(25-32)23-28-11-14-57(15-12-28)31-5-6-33-34(22-31)45(66)60(44(33)65)37-8-9-39(62)49-42(37)63;39-25-1-4-31-30(18-25)35(43-42-31)24-7-10-40-33(17-24)47-15-13-46(14-16-47)27-21-44(22-27)20-23-8-11-45(12-9-23)26-2-3-28-29(19-26)38(52)48(37(28)51)32-5-6-34(49)41-36(32)50;1-4-6(7(14)15)5(2)13-8(12(4)3)9-10-11-13/h4-7,10,13,20-22,27-28,32,37H,8-9,11-12,14-19,23-25H2,1-3H3,(H,48,64)(H,50,51)(H,49,62,63);1-4,7,10,17-19,23,27,32H,5-6,8-9,11-16,20-22,39H2,(H,42,43)(H,41,49,50);5H,1-3H3,(H,14,15)/t27-,37?;;5-/m1.1/s1. The van der Waals surface area contributed by atoms with Gasteiger partial charge in [0, 0.05) is 225 Å². The molecule has 133 heavy (non-hydrogen) atoms. The second-order valence-electron chi connectivity index (χ2n) is 36.6. The molecule has 12 aliphatic heterocycles. The van der Waals surface area contributed by atoms with Crippen molar-refractivity contribution < 1.29 is 53.1 Å². The number of hydrogen-bond acceptors (Lipinski definition) is 31. The van der Waals surface area contributed by atoms with Gasteiger partial charge < -0.3 is 45.6 Å². The molecule has 688 valence electrons. The van der Waals surface area contributed by atoms with Gasteiger partial charge in [-0.2, -0.15) is 10.2 Å². The summed E-state index contributed by atoms with van der Waals surface area (Å²) in [5.74, 6) is -0.731. The summed E-state index contributed by atoms with van der Waals surface area (Å²) >= 11 is 0. The maximum atomic E-state index is 13.7. The lowest BCUT2D eigenvalue weighted by atomic mass is 9.93. The number of pyridine rings is 2. The van der Waals surface area contributed by atoms with Crippen LogP contribution in [0, 0.1) is 11.8 Å². The summed E-state index contributed by atoms with van der Waals surface area (Å²) in [5, 5.41) is 57.3. The Morgan fingerprint density at radius 1 is 0.481 bits per heavy atom. The lowest BCUT2D eigenvalue weighted by molar-refractivity contribution is -0.137. The van der Waals surface area contributed by atoms with Gasteiger partial charge in [-0.05, 0) is 196 Å². The summed E-state index contributed by atoms with van der Waals surface area (Å²) in [6.07, 6.45) is 8.44. The number of allylic oxidation sites excluding steroid dienone is 2. The molecule has 12 aliphatic rings. The highest BCUT2D eigenvalue weighted by atomic mass is 16.4. The molecule has 8 N–H and O–H groups in total. The molecule has 2 unspecified atom stereocenters. The number of nitrogens with one attached hydrogen (secondary N) is 5. The average Bonchev–Trinajstić information content (AvgIpc) is 1.61. The summed E-state index contributed by atoms with van der Waals surface area (Å²) in [6, 6.07) is 29.1. The highest BCUT2D eigenvalue weighted by Gasteiger charge is 2.48. The number of piperidine rings is 4. The summed E-state index contributed by atoms with van der Waals surface area (Å²) in [7, 11) is 3.59. The number of rotatable bonds is 17. The Morgan fingerprint density at radius 2 is 0.910 bits per heavy atom. The second kappa shape index (κ2) is 35.4. The molecule has 8 saturated heterocycles. The number of nitrogens with zero attached hydrogens (tertiary/aromatic N) is 24. The molecule has 18 heterocycles. The van der Waals surface area contributed by atoms with E-state index in [4.69, 9.17) is 20.8 Å². The maximum absolute atomic E-state index is 13.7. The highest BCUT2D eigenvalue weighted by Crippen LogP contribution is 2.41. The first-order valence-corrected chi connectivity index (χ1v) is 45.6. The van der Waals surface area contributed by atoms with Gasteiger partial charge in [-0.15, -0.1) is 0 Å². The van der Waals surface area contributed by atoms with Gasteiger partial charge in [-0.1, -0.05) is 10.2 Å². The number of amides is 9. The Morgan fingerprint density at radius 3 is 1.36 bits per heavy atom. The molecule has 0 saturated carbocycles. The van der Waals surface area contributed by atoms with Crippen LogP contribution in [0.5, 0.6) is 0 Å². The highest BCUT2D eigenvalue weighted by molar-refractivity contribution is 6.25. The van der Waals surface area contributed by atoms with Crippen LogP contribution in [0.3, 0.4) is 0 Å². The molecule has 9 amide bonds. The van der Waals surface area contributed by atoms with E-state index >= 15 is 0 Å². The van der Waals surface area contributed by atoms with Crippen LogP contribution in [0.2, 0.25) is 0 Å². The molecule has 41 heteroatoms. The number of carbonyl (C=O) groups is 10. The van der Waals surface area contributed by atoms with Gasteiger partial charge >= 0.3 is 5.97 Å². The number of aromatic amines is 2. The first-order chi connectivity index (χ1) is 64.3. The van der Waals surface area contributed by atoms with Crippen molar-refractivity contribution in [3.8, 4) is 22.5 Å². The number of aromatic nitrogens is 14. The van der Waals surface area contributed by atoms with Crippen LogP contribution in [-0.2, 0) is 28.8 Å². The number of carboxylic acids is 1. The van der Waals surface area contributed by atoms with Crippen molar-refractivity contribution in [2.75, 3.05) is 172 Å². The van der Waals surface area contributed by atoms with E-state index in [0.717, 1.165) is 232 Å². The molecule has 0 aliphatic carbocycles. The molecule has 0 radical (unpaired) electrons. The van der Waals surface area contributed by atoms with Crippen LogP contribution in [0.25, 0.3) is 44.3 Å². The molecule has 10 aromatic rings. The van der Waals surface area contributed by atoms with Crippen LogP contribution in [0.15, 0.2) is 132 Å². The van der Waals surface area contributed by atoms with Crippen LogP contribution in [-0.4, -0.2) is 320 Å². The van der Waals surface area contributed by atoms with Crippen molar-refractivity contribution in [1.82, 2.24) is 111 Å². The number of tetrazole rings is 2. The van der Waals surface area contributed by atoms with E-state index in [1.54, 1.807) is 54.7 Å². The summed E-state index contributed by atoms with van der Waals surface area (Å²) < 4.78 is 3.15. The summed E-state index contributed by atoms with van der Waals surface area (Å²) in [4.78, 5) is 161. The van der Waals surface area contributed by atoms with E-state index in [2.05, 4.69) is 119 Å². The van der Waals surface area contributed by atoms with Gasteiger partial charge in [0.05, 0.1) is 56.5 Å². The van der Waals surface area contributed by atoms with Crippen molar-refractivity contribution >= 4 is 127 Å². The first kappa shape index (κ1) is 86.7. The molecule has 4 aromatic carbocycles. The van der Waals surface area contributed by atoms with Gasteiger partial charge in [-0.25, -0.2) is 24.1 Å². The van der Waals surface area contributed by atoms with Crippen LogP contribution < -0.4 is 51.1 Å². The Hall–Kier alpha value is -14.3. The number of benzene rings is 4. The summed E-state index contributed by atoms with van der Waals surface area (Å²) in [5.41, 5.74) is 18.4. The predicted molar refractivity (Wildman–Crippen MR) is 491 cm³/mol. The number of imide groups is 4. The van der Waals surface area contributed by atoms with Crippen molar-refractivity contribution in [3.05, 3.63) is 154 Å². The minimum Gasteiger partial charge on any atom is -0.478 e. The number of likely N-dealkylation sites (tertiary alicyclic amines) is 2. The van der Waals surface area contributed by atoms with E-state index < -0.39 is 53.5 Å². The average molecular weight is 1810 g/mol. The monoisotopic (exact) mass is 1800 g/mol. The third-order valence-corrected chi connectivity index (χ3v) is 28.9. The minimum absolute atomic E-state index is 0.0962. The third kappa shape index (κ3) is 16.4. The lowest BCUT2D eigenvalue weighted by Gasteiger charge is -2.49. The fourth-order valence-corrected chi connectivity index (χ4v) is 21.0. The largest absolute Gasteiger partial charge is 0.478 e. The summed E-state index contributed by atoms with van der Waals surface area (Å²) in [6.45, 7) is 25.0. The first-order valence-electron chi connectivity index (χ1n) is 45.6. The van der Waals surface area contributed by atoms with Gasteiger partial charge in [0.1, 0.15) is 35.1 Å². The van der Waals surface area contributed by atoms with Crippen molar-refractivity contribution in [3.63, 3.8) is 0 Å². The normalized spacial score (nSPS) is 22.1. The SMILES string of the molecule is CC1=C(C(=O)Nc2ccc3[nH]nc(-c4ccnc(N5CCN(C6CN(CC7CCN(c8ccc9c(c8)C(=O)N(C8CCC(=O)NC8=O)C9=O)CC7)C6)CC5)c4)c3c2)[C@@H](C)n2nnnc2N1C.CC1=C(C(=O)O)[C@@H](C)n2nnnc2N1C.Nc1ccc2[nH]nc(-c3ccnc(N4CCN(C5CN(CC6CCN(c7ccc8c(c7)C(=O)N(C7CCC(=O)NC7=O)C8=O)CC6)C5)CC4)c3)c2c1. The topological polar surface area (TPSA) is 462 Å². The molecule has 22 rings (SSSR count). The zero-order chi connectivity index (χ0) is 92.1. The molecule has 0 spiro atoms. The Kier molecular flexibility index (Phi) is 23.1. The third-order valence-electron chi connectivity index (χ3n) is 28.9. The second-order valence-corrected chi connectivity index (χ2v) is 36.6. The lowest BCUT2D eigenvalue weighted by Crippen LogP contribution is -2.63. The molecule has 8 fully saturated rings. The molecule has 4 atom stereocenters. The van der Waals surface area contributed by atoms with E-state index in [1.807, 2.05) is 98.9 Å². The van der Waals surface area contributed by atoms with Gasteiger partial charge in [-0.3, -0.25) is 93.4 Å². The Bertz CT molecular complexity index is 6410. The van der Waals surface area contributed by atoms with Gasteiger partial charge in [0.15, 0.2) is 0 Å². The smallest absolute Gasteiger partial charge is 0.335 e. The number of nitrogen functional groups attached to an aromatic ring is 1. The quantitative estimate of drug-likeness (QED) is 0.0464. The number of aliphatic carboxylic acids is 1. The van der Waals surface area contributed by atoms with Gasteiger partial charge in [0.25, 0.3) is 29.5 Å². The van der Waals surface area contributed by atoms with E-state index in [9.17, 15) is 47.9 Å². The number of H-pyrrole nitrogens is 2. The van der Waals surface area contributed by atoms with Crippen molar-refractivity contribution in [2.24, 2.45) is 11.8 Å². The molecular formula is C92H104N30O11. The number of fused-ring (bicyclic) bond motifs is 6. The minimum atomic E-state index is -0.968.